The van der Waals surface area contributed by atoms with E-state index in [4.69, 9.17) is 4.74 Å². The molecule has 1 saturated heterocycles. The number of carbonyl (C=O) groups is 1. The van der Waals surface area contributed by atoms with Crippen LogP contribution in [0.3, 0.4) is 0 Å². The maximum absolute atomic E-state index is 14.2. The summed E-state index contributed by atoms with van der Waals surface area (Å²) in [4.78, 5) is 22.0. The molecule has 2 aromatic rings. The molecule has 0 aromatic heterocycles. The Morgan fingerprint density at radius 2 is 2.08 bits per heavy atom. The van der Waals surface area contributed by atoms with Crippen LogP contribution >= 0.6 is 0 Å². The molecule has 2 unspecified atom stereocenters. The van der Waals surface area contributed by atoms with Crippen LogP contribution < -0.4 is 15.0 Å². The van der Waals surface area contributed by atoms with E-state index in [0.717, 1.165) is 38.1 Å². The van der Waals surface area contributed by atoms with E-state index in [1.807, 2.05) is 32.1 Å². The Kier molecular flexibility index (Phi) is 9.56. The van der Waals surface area contributed by atoms with E-state index in [1.165, 1.54) is 30.5 Å². The average molecular weight is 521 g/mol. The number of halogens is 1. The fourth-order valence-electron chi connectivity index (χ4n) is 5.40. The second-order valence-electron chi connectivity index (χ2n) is 10.7. The first-order valence-electron chi connectivity index (χ1n) is 13.9. The van der Waals surface area contributed by atoms with Crippen LogP contribution in [0, 0.1) is 11.7 Å². The van der Waals surface area contributed by atoms with Crippen LogP contribution in [0.2, 0.25) is 0 Å². The molecule has 4 atom stereocenters. The van der Waals surface area contributed by atoms with E-state index in [2.05, 4.69) is 40.8 Å². The Balaban J connectivity index is 1.45. The van der Waals surface area contributed by atoms with Gasteiger partial charge in [0.1, 0.15) is 11.6 Å². The van der Waals surface area contributed by atoms with E-state index < -0.39 is 0 Å². The van der Waals surface area contributed by atoms with Gasteiger partial charge in [-0.05, 0) is 81.3 Å². The van der Waals surface area contributed by atoms with Gasteiger partial charge in [0.05, 0.1) is 18.5 Å². The molecule has 2 aromatic carbocycles. The van der Waals surface area contributed by atoms with Crippen LogP contribution in [0.1, 0.15) is 58.4 Å². The highest BCUT2D eigenvalue weighted by Crippen LogP contribution is 2.37. The highest BCUT2D eigenvalue weighted by molar-refractivity contribution is 5.98. The van der Waals surface area contributed by atoms with Crippen molar-refractivity contribution in [2.75, 3.05) is 11.4 Å². The fraction of sp³-hybridized carbons (Fsp3) is 0.484. The lowest BCUT2D eigenvalue weighted by Gasteiger charge is -2.42. The largest absolute Gasteiger partial charge is 0.491 e. The first-order chi connectivity index (χ1) is 18.4. The molecule has 1 aliphatic heterocycles. The van der Waals surface area contributed by atoms with Crippen molar-refractivity contribution in [2.24, 2.45) is 10.9 Å². The van der Waals surface area contributed by atoms with E-state index in [0.29, 0.717) is 24.1 Å². The van der Waals surface area contributed by atoms with Gasteiger partial charge >= 0.3 is 6.03 Å². The summed E-state index contributed by atoms with van der Waals surface area (Å²) in [7, 11) is 0. The molecule has 2 amide bonds. The van der Waals surface area contributed by atoms with E-state index in [-0.39, 0.29) is 30.0 Å². The van der Waals surface area contributed by atoms with E-state index in [9.17, 15) is 9.18 Å². The second kappa shape index (κ2) is 13.1. The van der Waals surface area contributed by atoms with Crippen molar-refractivity contribution in [3.63, 3.8) is 0 Å². The first kappa shape index (κ1) is 27.8. The fourth-order valence-corrected chi connectivity index (χ4v) is 5.40. The molecule has 2 fully saturated rings. The van der Waals surface area contributed by atoms with Crippen molar-refractivity contribution in [3.05, 3.63) is 72.6 Å². The highest BCUT2D eigenvalue weighted by Gasteiger charge is 2.36. The zero-order valence-corrected chi connectivity index (χ0v) is 22.9. The lowest BCUT2D eigenvalue weighted by Crippen LogP contribution is -2.53. The first-order valence-corrected chi connectivity index (χ1v) is 13.9. The summed E-state index contributed by atoms with van der Waals surface area (Å²) in [6.45, 7) is 11.9. The van der Waals surface area contributed by atoms with Crippen LogP contribution in [-0.4, -0.2) is 48.0 Å². The molecule has 2 aliphatic rings. The molecule has 38 heavy (non-hydrogen) atoms. The van der Waals surface area contributed by atoms with E-state index in [1.54, 1.807) is 17.0 Å². The van der Waals surface area contributed by atoms with Gasteiger partial charge in [-0.25, -0.2) is 9.18 Å². The maximum Gasteiger partial charge on any atom is 0.327 e. The number of ether oxygens (including phenoxy) is 1. The minimum absolute atomic E-state index is 0.0715. The van der Waals surface area contributed by atoms with Crippen LogP contribution in [0.4, 0.5) is 14.9 Å². The summed E-state index contributed by atoms with van der Waals surface area (Å²) in [5, 5.41) is 2.86. The normalized spacial score (nSPS) is 23.4. The third kappa shape index (κ3) is 7.44. The number of benzene rings is 2. The van der Waals surface area contributed by atoms with Gasteiger partial charge in [-0.2, -0.15) is 0 Å². The van der Waals surface area contributed by atoms with Crippen LogP contribution in [0.25, 0.3) is 0 Å². The predicted octanol–water partition coefficient (Wildman–Crippen LogP) is 6.57. The van der Waals surface area contributed by atoms with E-state index >= 15 is 0 Å². The van der Waals surface area contributed by atoms with Gasteiger partial charge in [-0.1, -0.05) is 37.6 Å². The summed E-state index contributed by atoms with van der Waals surface area (Å²) in [6, 6.07) is 14.4. The minimum atomic E-state index is -0.365. The molecular formula is C31H41FN4O2. The number of likely N-dealkylation sites (tertiary alicyclic amines) is 1. The SMILES string of the molecule is C=C[C@H]1C[C@H](N(C(=O)NC=NC2CC2CCC)c2cccc(F)c2)CCN1Cc1cccc(OC(C)C)c1. The van der Waals surface area contributed by atoms with Gasteiger partial charge in [0.15, 0.2) is 0 Å². The van der Waals surface area contributed by atoms with Gasteiger partial charge in [0.25, 0.3) is 0 Å². The van der Waals surface area contributed by atoms with Crippen LogP contribution in [0.5, 0.6) is 5.75 Å². The number of carbonyl (C=O) groups excluding carboxylic acids is 1. The van der Waals surface area contributed by atoms with Gasteiger partial charge in [0, 0.05) is 30.9 Å². The molecule has 0 spiro atoms. The summed E-state index contributed by atoms with van der Waals surface area (Å²) < 4.78 is 20.0. The minimum Gasteiger partial charge on any atom is -0.491 e. The molecule has 1 aliphatic carbocycles. The number of anilines is 1. The molecule has 6 nitrogen and oxygen atoms in total. The quantitative estimate of drug-likeness (QED) is 0.207. The van der Waals surface area contributed by atoms with Gasteiger partial charge in [-0.15, -0.1) is 6.58 Å². The molecule has 4 rings (SSSR count). The van der Waals surface area contributed by atoms with Gasteiger partial charge in [0.2, 0.25) is 0 Å². The molecule has 1 saturated carbocycles. The third-order valence-electron chi connectivity index (χ3n) is 7.33. The van der Waals surface area contributed by atoms with Crippen LogP contribution in [-0.2, 0) is 6.54 Å². The second-order valence-corrected chi connectivity index (χ2v) is 10.7. The van der Waals surface area contributed by atoms with Crippen LogP contribution in [0.15, 0.2) is 66.2 Å². The summed E-state index contributed by atoms with van der Waals surface area (Å²) in [5.41, 5.74) is 1.72. The maximum atomic E-state index is 14.2. The molecule has 1 N–H and O–H groups in total. The Morgan fingerprint density at radius 1 is 1.26 bits per heavy atom. The smallest absolute Gasteiger partial charge is 0.327 e. The number of hydrogen-bond donors (Lipinski definition) is 1. The summed E-state index contributed by atoms with van der Waals surface area (Å²) >= 11 is 0. The Hall–Kier alpha value is -3.19. The third-order valence-corrected chi connectivity index (χ3v) is 7.33. The lowest BCUT2D eigenvalue weighted by atomic mass is 9.94. The number of piperidine rings is 1. The Labute approximate surface area is 226 Å². The zero-order chi connectivity index (χ0) is 27.1. The molecule has 204 valence electrons. The van der Waals surface area contributed by atoms with Gasteiger partial charge in [-0.3, -0.25) is 20.1 Å². The van der Waals surface area contributed by atoms with Crippen molar-refractivity contribution >= 4 is 18.1 Å². The number of hydrogen-bond acceptors (Lipinski definition) is 4. The number of rotatable bonds is 11. The van der Waals surface area contributed by atoms with Crippen molar-refractivity contribution in [3.8, 4) is 5.75 Å². The van der Waals surface area contributed by atoms with Crippen molar-refractivity contribution in [1.29, 1.82) is 0 Å². The molecular weight excluding hydrogens is 479 g/mol. The lowest BCUT2D eigenvalue weighted by molar-refractivity contribution is 0.155. The number of nitrogens with zero attached hydrogens (tertiary/aromatic N) is 3. The number of amides is 2. The zero-order valence-electron chi connectivity index (χ0n) is 22.9. The summed E-state index contributed by atoms with van der Waals surface area (Å²) in [5.74, 6) is 1.13. The van der Waals surface area contributed by atoms with Crippen molar-refractivity contribution < 1.29 is 13.9 Å². The highest BCUT2D eigenvalue weighted by atomic mass is 19.1. The molecule has 1 heterocycles. The van der Waals surface area contributed by atoms with Crippen molar-refractivity contribution in [1.82, 2.24) is 10.2 Å². The Morgan fingerprint density at radius 3 is 2.82 bits per heavy atom. The monoisotopic (exact) mass is 520 g/mol. The molecule has 0 radical (unpaired) electrons. The summed E-state index contributed by atoms with van der Waals surface area (Å²) in [6.07, 6.45) is 8.46. The Bertz CT molecular complexity index is 1120. The predicted molar refractivity (Wildman–Crippen MR) is 152 cm³/mol. The molecule has 7 heteroatoms. The topological polar surface area (TPSA) is 57.2 Å². The number of aliphatic imine (C=N–C) groups is 1. The van der Waals surface area contributed by atoms with Crippen molar-refractivity contribution in [2.45, 2.75) is 83.6 Å². The van der Waals surface area contributed by atoms with Gasteiger partial charge < -0.3 is 4.74 Å². The standard InChI is InChI=1S/C31H41FN4O2/c1-5-9-24-17-30(24)33-21-34-31(37)36(27-12-8-11-25(32)18-27)28-14-15-35(26(6-2)19-28)20-23-10-7-13-29(16-23)38-22(3)4/h6-8,10-13,16,18,21-22,24,26,28,30H,2,5,9,14-15,17,19-20H2,1,3-4H3,(H,33,34,37)/t24?,26-,28+,30?/m0/s1. The number of urea groups is 1. The number of nitrogens with one attached hydrogen (secondary N) is 1. The molecule has 0 bridgehead atoms. The average Bonchev–Trinajstić information content (AvgIpc) is 3.62.